The number of hydrogen-bond acceptors (Lipinski definition) is 5. The van der Waals surface area contributed by atoms with Crippen LogP contribution in [0.2, 0.25) is 0 Å². The van der Waals surface area contributed by atoms with Crippen LogP contribution >= 0.6 is 0 Å². The molecule has 0 amide bonds. The zero-order valence-electron chi connectivity index (χ0n) is 14.1. The monoisotopic (exact) mass is 318 g/mol. The fourth-order valence-corrected chi connectivity index (χ4v) is 3.43. The second-order valence-electron chi connectivity index (χ2n) is 6.65. The van der Waals surface area contributed by atoms with Gasteiger partial charge in [0.25, 0.3) is 0 Å². The Morgan fingerprint density at radius 3 is 2.26 bits per heavy atom. The maximum atomic E-state index is 10.2. The summed E-state index contributed by atoms with van der Waals surface area (Å²) in [4.78, 5) is 7.65. The zero-order chi connectivity index (χ0) is 15.9. The topological polar surface area (TPSA) is 42.0 Å². The molecule has 0 spiro atoms. The van der Waals surface area contributed by atoms with Crippen molar-refractivity contribution in [3.05, 3.63) is 35.6 Å². The summed E-state index contributed by atoms with van der Waals surface area (Å²) in [5, 5.41) is 13.7. The van der Waals surface area contributed by atoms with Crippen molar-refractivity contribution >= 4 is 0 Å². The van der Waals surface area contributed by atoms with E-state index in [1.54, 1.807) is 0 Å². The van der Waals surface area contributed by atoms with Gasteiger partial charge in [-0.1, -0.05) is 18.2 Å². The van der Waals surface area contributed by atoms with Crippen molar-refractivity contribution in [3.8, 4) is 0 Å². The Morgan fingerprint density at radius 2 is 1.57 bits per heavy atom. The first-order chi connectivity index (χ1) is 11.3. The fraction of sp³-hybridized carbons (Fsp3) is 0.667. The quantitative estimate of drug-likeness (QED) is 0.790. The van der Waals surface area contributed by atoms with Gasteiger partial charge in [-0.15, -0.1) is 0 Å². The highest BCUT2D eigenvalue weighted by Gasteiger charge is 2.19. The lowest BCUT2D eigenvalue weighted by molar-refractivity contribution is 0.223. The Bertz CT molecular complexity index is 454. The molecule has 23 heavy (non-hydrogen) atoms. The molecule has 0 aromatic heterocycles. The summed E-state index contributed by atoms with van der Waals surface area (Å²) in [5.74, 6) is 0.428. The van der Waals surface area contributed by atoms with Gasteiger partial charge in [0.05, 0.1) is 0 Å². The van der Waals surface area contributed by atoms with Crippen LogP contribution in [0.1, 0.15) is 6.42 Å². The molecule has 2 bridgehead atoms. The summed E-state index contributed by atoms with van der Waals surface area (Å²) in [6, 6.07) is 0. The van der Waals surface area contributed by atoms with E-state index in [9.17, 15) is 5.11 Å². The predicted octanol–water partition coefficient (Wildman–Crippen LogP) is 0.837. The largest absolute Gasteiger partial charge is 0.508 e. The summed E-state index contributed by atoms with van der Waals surface area (Å²) >= 11 is 0. The third kappa shape index (κ3) is 5.18. The normalized spacial score (nSPS) is 30.8. The van der Waals surface area contributed by atoms with Gasteiger partial charge < -0.3 is 10.4 Å². The molecule has 0 aromatic rings. The number of nitrogens with one attached hydrogen (secondary N) is 1. The average Bonchev–Trinajstić information content (AvgIpc) is 2.64. The van der Waals surface area contributed by atoms with Crippen molar-refractivity contribution < 1.29 is 5.11 Å². The SMILES string of the molecule is OC1=CC=CCC=C1CN1CCN2CCNCCN(CC2)CC1. The predicted molar refractivity (Wildman–Crippen MR) is 94.7 cm³/mol. The number of hydrogen-bond donors (Lipinski definition) is 2. The minimum atomic E-state index is 0.428. The standard InChI is InChI=1S/C18H30N4O/c23-18-5-3-1-2-4-17(18)16-22-14-12-20-8-6-19-7-9-21(11-10-20)13-15-22/h1,3-5,19,23H,2,6-16H2. The van der Waals surface area contributed by atoms with Crippen LogP contribution in [0.5, 0.6) is 0 Å². The Balaban J connectivity index is 1.64. The van der Waals surface area contributed by atoms with Crippen LogP contribution in [0, 0.1) is 0 Å². The molecule has 0 saturated carbocycles. The Labute approximate surface area is 139 Å². The molecular weight excluding hydrogens is 288 g/mol. The summed E-state index contributed by atoms with van der Waals surface area (Å²) in [6.45, 7) is 12.0. The van der Waals surface area contributed by atoms with Crippen LogP contribution < -0.4 is 5.32 Å². The van der Waals surface area contributed by atoms with Crippen molar-refractivity contribution in [2.24, 2.45) is 0 Å². The zero-order valence-corrected chi connectivity index (χ0v) is 14.1. The van der Waals surface area contributed by atoms with Gasteiger partial charge in [0, 0.05) is 77.6 Å². The first-order valence-corrected chi connectivity index (χ1v) is 8.94. The highest BCUT2D eigenvalue weighted by Crippen LogP contribution is 2.14. The molecule has 2 N–H and O–H groups in total. The van der Waals surface area contributed by atoms with Gasteiger partial charge >= 0.3 is 0 Å². The molecule has 5 nitrogen and oxygen atoms in total. The molecule has 5 heteroatoms. The number of fused-ring (bicyclic) bond motifs is 3. The van der Waals surface area contributed by atoms with Crippen LogP contribution in [0.3, 0.4) is 0 Å². The van der Waals surface area contributed by atoms with E-state index in [1.807, 2.05) is 12.2 Å². The molecule has 1 aliphatic carbocycles. The molecule has 2 aliphatic heterocycles. The van der Waals surface area contributed by atoms with Crippen molar-refractivity contribution in [3.63, 3.8) is 0 Å². The lowest BCUT2D eigenvalue weighted by atomic mass is 10.1. The first-order valence-electron chi connectivity index (χ1n) is 8.94. The van der Waals surface area contributed by atoms with Crippen LogP contribution in [0.15, 0.2) is 35.6 Å². The minimum Gasteiger partial charge on any atom is -0.508 e. The van der Waals surface area contributed by atoms with Crippen LogP contribution in [0.25, 0.3) is 0 Å². The molecule has 2 fully saturated rings. The maximum absolute atomic E-state index is 10.2. The van der Waals surface area contributed by atoms with Crippen LogP contribution in [-0.4, -0.2) is 91.8 Å². The van der Waals surface area contributed by atoms with Gasteiger partial charge in [0.1, 0.15) is 5.76 Å². The molecule has 2 atom stereocenters. The molecular formula is C18H30N4O. The van der Waals surface area contributed by atoms with Gasteiger partial charge in [0.15, 0.2) is 0 Å². The van der Waals surface area contributed by atoms with E-state index < -0.39 is 0 Å². The van der Waals surface area contributed by atoms with E-state index in [4.69, 9.17) is 0 Å². The van der Waals surface area contributed by atoms with Crippen molar-refractivity contribution in [1.29, 1.82) is 0 Å². The molecule has 3 rings (SSSR count). The Morgan fingerprint density at radius 1 is 0.913 bits per heavy atom. The molecule has 2 unspecified atom stereocenters. The van der Waals surface area contributed by atoms with Crippen molar-refractivity contribution in [2.45, 2.75) is 6.42 Å². The maximum Gasteiger partial charge on any atom is 0.119 e. The number of aliphatic hydroxyl groups excluding tert-OH is 1. The van der Waals surface area contributed by atoms with Crippen LogP contribution in [-0.2, 0) is 0 Å². The van der Waals surface area contributed by atoms with E-state index in [1.165, 1.54) is 13.1 Å². The second-order valence-corrected chi connectivity index (χ2v) is 6.65. The minimum absolute atomic E-state index is 0.428. The lowest BCUT2D eigenvalue weighted by Gasteiger charge is -2.27. The molecule has 2 saturated heterocycles. The lowest BCUT2D eigenvalue weighted by Crippen LogP contribution is -2.41. The Kier molecular flexibility index (Phi) is 6.28. The summed E-state index contributed by atoms with van der Waals surface area (Å²) in [5.41, 5.74) is 1.07. The van der Waals surface area contributed by atoms with E-state index in [0.29, 0.717) is 5.76 Å². The summed E-state index contributed by atoms with van der Waals surface area (Å²) < 4.78 is 0. The number of aliphatic hydroxyl groups is 1. The number of allylic oxidation sites excluding steroid dienone is 4. The van der Waals surface area contributed by atoms with E-state index >= 15 is 0 Å². The molecule has 0 aromatic carbocycles. The third-order valence-corrected chi connectivity index (χ3v) is 5.02. The molecule has 0 radical (unpaired) electrons. The van der Waals surface area contributed by atoms with Gasteiger partial charge in [-0.2, -0.15) is 0 Å². The Hall–Kier alpha value is -1.14. The summed E-state index contributed by atoms with van der Waals surface area (Å²) in [6.07, 6.45) is 8.92. The highest BCUT2D eigenvalue weighted by atomic mass is 16.3. The van der Waals surface area contributed by atoms with Gasteiger partial charge in [-0.3, -0.25) is 14.7 Å². The highest BCUT2D eigenvalue weighted by molar-refractivity contribution is 5.32. The number of nitrogens with zero attached hydrogens (tertiary/aromatic N) is 3. The van der Waals surface area contributed by atoms with Gasteiger partial charge in [0.2, 0.25) is 0 Å². The second kappa shape index (κ2) is 8.64. The first kappa shape index (κ1) is 16.7. The molecule has 3 aliphatic rings. The van der Waals surface area contributed by atoms with Crippen molar-refractivity contribution in [1.82, 2.24) is 20.0 Å². The van der Waals surface area contributed by atoms with Gasteiger partial charge in [-0.05, 0) is 12.5 Å². The molecule has 2 heterocycles. The fourth-order valence-electron chi connectivity index (χ4n) is 3.43. The van der Waals surface area contributed by atoms with Gasteiger partial charge in [-0.25, -0.2) is 0 Å². The van der Waals surface area contributed by atoms with Crippen LogP contribution in [0.4, 0.5) is 0 Å². The average molecular weight is 318 g/mol. The van der Waals surface area contributed by atoms with E-state index in [2.05, 4.69) is 32.2 Å². The molecule has 128 valence electrons. The van der Waals surface area contributed by atoms with E-state index in [0.717, 1.165) is 70.9 Å². The van der Waals surface area contributed by atoms with Crippen molar-refractivity contribution in [2.75, 3.05) is 72.0 Å². The smallest absolute Gasteiger partial charge is 0.119 e. The third-order valence-electron chi connectivity index (χ3n) is 5.02. The summed E-state index contributed by atoms with van der Waals surface area (Å²) in [7, 11) is 0. The number of rotatable bonds is 2. The van der Waals surface area contributed by atoms with E-state index in [-0.39, 0.29) is 0 Å².